The van der Waals surface area contributed by atoms with Crippen LogP contribution >= 0.6 is 0 Å². The number of nitrogens with one attached hydrogen (secondary N) is 2. The van der Waals surface area contributed by atoms with E-state index in [4.69, 9.17) is 0 Å². The molecule has 1 heterocycles. The molecule has 5 rings (SSSR count). The van der Waals surface area contributed by atoms with Crippen LogP contribution in [0.1, 0.15) is 13.8 Å². The molecule has 4 amide bonds. The number of anilines is 2. The van der Waals surface area contributed by atoms with Gasteiger partial charge in [0, 0.05) is 35.9 Å². The maximum absolute atomic E-state index is 13.2. The van der Waals surface area contributed by atoms with E-state index in [2.05, 4.69) is 10.6 Å². The molecular formula is C28H28N4O2. The summed E-state index contributed by atoms with van der Waals surface area (Å²) in [7, 11) is 0. The summed E-state index contributed by atoms with van der Waals surface area (Å²) >= 11 is 0. The highest BCUT2D eigenvalue weighted by molar-refractivity contribution is 6.03. The smallest absolute Gasteiger partial charge is 0.318 e. The van der Waals surface area contributed by atoms with E-state index in [0.29, 0.717) is 13.1 Å². The molecule has 0 radical (unpaired) electrons. The summed E-state index contributed by atoms with van der Waals surface area (Å²) in [5, 5.41) is 10.3. The SMILES string of the molecule is C[C@@H]1CN(C(=O)Nc2cccc3ccccc23)[C@H](C)CN1C(=O)Nc1cccc2ccccc12. The van der Waals surface area contributed by atoms with Crippen molar-refractivity contribution in [3.63, 3.8) is 0 Å². The van der Waals surface area contributed by atoms with E-state index in [1.54, 1.807) is 0 Å². The molecule has 0 aliphatic carbocycles. The van der Waals surface area contributed by atoms with Gasteiger partial charge in [-0.2, -0.15) is 0 Å². The summed E-state index contributed by atoms with van der Waals surface area (Å²) < 4.78 is 0. The number of rotatable bonds is 2. The molecule has 4 aromatic carbocycles. The van der Waals surface area contributed by atoms with E-state index in [-0.39, 0.29) is 24.1 Å². The number of hydrogen-bond acceptors (Lipinski definition) is 2. The fourth-order valence-corrected chi connectivity index (χ4v) is 4.74. The molecule has 6 nitrogen and oxygen atoms in total. The number of nitrogens with zero attached hydrogens (tertiary/aromatic N) is 2. The van der Waals surface area contributed by atoms with Crippen LogP contribution in [0.2, 0.25) is 0 Å². The number of carbonyl (C=O) groups is 2. The summed E-state index contributed by atoms with van der Waals surface area (Å²) in [6.45, 7) is 4.88. The molecular weight excluding hydrogens is 424 g/mol. The number of urea groups is 2. The van der Waals surface area contributed by atoms with Gasteiger partial charge in [-0.05, 0) is 36.8 Å². The van der Waals surface area contributed by atoms with E-state index in [1.165, 1.54) is 0 Å². The van der Waals surface area contributed by atoms with E-state index in [1.807, 2.05) is 109 Å². The van der Waals surface area contributed by atoms with Gasteiger partial charge in [0.1, 0.15) is 0 Å². The van der Waals surface area contributed by atoms with Crippen LogP contribution in [-0.4, -0.2) is 47.0 Å². The minimum atomic E-state index is -0.148. The minimum absolute atomic E-state index is 0.121. The Kier molecular flexibility index (Phi) is 5.80. The van der Waals surface area contributed by atoms with Crippen LogP contribution in [0.5, 0.6) is 0 Å². The van der Waals surface area contributed by atoms with E-state index in [9.17, 15) is 9.59 Å². The van der Waals surface area contributed by atoms with Gasteiger partial charge < -0.3 is 20.4 Å². The molecule has 1 aliphatic rings. The van der Waals surface area contributed by atoms with Crippen molar-refractivity contribution >= 4 is 45.0 Å². The molecule has 34 heavy (non-hydrogen) atoms. The molecule has 2 atom stereocenters. The van der Waals surface area contributed by atoms with Crippen LogP contribution in [0.15, 0.2) is 84.9 Å². The molecule has 0 unspecified atom stereocenters. The largest absolute Gasteiger partial charge is 0.322 e. The predicted molar refractivity (Wildman–Crippen MR) is 138 cm³/mol. The number of piperazine rings is 1. The fraction of sp³-hybridized carbons (Fsp3) is 0.214. The Bertz CT molecular complexity index is 1250. The van der Waals surface area contributed by atoms with Gasteiger partial charge >= 0.3 is 12.1 Å². The van der Waals surface area contributed by atoms with Crippen LogP contribution < -0.4 is 10.6 Å². The van der Waals surface area contributed by atoms with E-state index in [0.717, 1.165) is 32.9 Å². The van der Waals surface area contributed by atoms with E-state index < -0.39 is 0 Å². The Hall–Kier alpha value is -4.06. The van der Waals surface area contributed by atoms with Crippen molar-refractivity contribution < 1.29 is 9.59 Å². The first-order valence-corrected chi connectivity index (χ1v) is 11.6. The van der Waals surface area contributed by atoms with Crippen molar-refractivity contribution in [1.82, 2.24) is 9.80 Å². The molecule has 1 aliphatic heterocycles. The maximum atomic E-state index is 13.2. The number of carbonyl (C=O) groups excluding carboxylic acids is 2. The van der Waals surface area contributed by atoms with Crippen LogP contribution in [0.3, 0.4) is 0 Å². The van der Waals surface area contributed by atoms with Gasteiger partial charge in [-0.25, -0.2) is 9.59 Å². The van der Waals surface area contributed by atoms with Gasteiger partial charge in [0.25, 0.3) is 0 Å². The summed E-state index contributed by atoms with van der Waals surface area (Å²) in [6, 6.07) is 27.2. The lowest BCUT2D eigenvalue weighted by atomic mass is 10.1. The lowest BCUT2D eigenvalue weighted by Crippen LogP contribution is -2.61. The van der Waals surface area contributed by atoms with Crippen LogP contribution in [-0.2, 0) is 0 Å². The first-order valence-electron chi connectivity index (χ1n) is 11.6. The minimum Gasteiger partial charge on any atom is -0.318 e. The molecule has 6 heteroatoms. The Morgan fingerprint density at radius 2 is 1.00 bits per heavy atom. The van der Waals surface area contributed by atoms with E-state index >= 15 is 0 Å². The highest BCUT2D eigenvalue weighted by Crippen LogP contribution is 2.26. The summed E-state index contributed by atoms with van der Waals surface area (Å²) in [4.78, 5) is 30.0. The van der Waals surface area contributed by atoms with Crippen molar-refractivity contribution in [2.75, 3.05) is 23.7 Å². The molecule has 172 valence electrons. The van der Waals surface area contributed by atoms with Gasteiger partial charge in [-0.15, -0.1) is 0 Å². The Labute approximate surface area is 199 Å². The average Bonchev–Trinajstić information content (AvgIpc) is 2.85. The monoisotopic (exact) mass is 452 g/mol. The van der Waals surface area contributed by atoms with Gasteiger partial charge in [-0.3, -0.25) is 0 Å². The Morgan fingerprint density at radius 1 is 0.618 bits per heavy atom. The number of amides is 4. The molecule has 0 saturated carbocycles. The predicted octanol–water partition coefficient (Wildman–Crippen LogP) is 6.15. The quantitative estimate of drug-likeness (QED) is 0.383. The van der Waals surface area contributed by atoms with Gasteiger partial charge in [-0.1, -0.05) is 72.8 Å². The van der Waals surface area contributed by atoms with Crippen molar-refractivity contribution in [2.45, 2.75) is 25.9 Å². The zero-order valence-corrected chi connectivity index (χ0v) is 19.4. The van der Waals surface area contributed by atoms with Crippen LogP contribution in [0, 0.1) is 0 Å². The molecule has 0 bridgehead atoms. The van der Waals surface area contributed by atoms with Gasteiger partial charge in [0.15, 0.2) is 0 Å². The van der Waals surface area contributed by atoms with Gasteiger partial charge in [0.05, 0.1) is 11.4 Å². The summed E-state index contributed by atoms with van der Waals surface area (Å²) in [6.07, 6.45) is 0. The van der Waals surface area contributed by atoms with Crippen LogP contribution in [0.25, 0.3) is 21.5 Å². The number of hydrogen-bond donors (Lipinski definition) is 2. The van der Waals surface area contributed by atoms with Crippen LogP contribution in [0.4, 0.5) is 21.0 Å². The number of fused-ring (bicyclic) bond motifs is 2. The second-order valence-corrected chi connectivity index (χ2v) is 8.92. The molecule has 4 aromatic rings. The fourth-order valence-electron chi connectivity index (χ4n) is 4.74. The second kappa shape index (κ2) is 9.06. The first-order chi connectivity index (χ1) is 16.5. The van der Waals surface area contributed by atoms with Crippen molar-refractivity contribution in [2.24, 2.45) is 0 Å². The third kappa shape index (κ3) is 4.15. The molecule has 1 saturated heterocycles. The third-order valence-electron chi connectivity index (χ3n) is 6.57. The van der Waals surface area contributed by atoms with Crippen molar-refractivity contribution in [1.29, 1.82) is 0 Å². The average molecular weight is 453 g/mol. The second-order valence-electron chi connectivity index (χ2n) is 8.92. The normalized spacial score (nSPS) is 18.2. The highest BCUT2D eigenvalue weighted by Gasteiger charge is 2.34. The summed E-state index contributed by atoms with van der Waals surface area (Å²) in [5.41, 5.74) is 1.58. The lowest BCUT2D eigenvalue weighted by Gasteiger charge is -2.43. The molecule has 2 N–H and O–H groups in total. The third-order valence-corrected chi connectivity index (χ3v) is 6.57. The maximum Gasteiger partial charge on any atom is 0.322 e. The zero-order valence-electron chi connectivity index (χ0n) is 19.4. The summed E-state index contributed by atoms with van der Waals surface area (Å²) in [5.74, 6) is 0. The standard InChI is InChI=1S/C28H28N4O2/c1-19-17-32(28(34)30-26-16-8-12-22-10-4-6-14-24(22)26)20(2)18-31(19)27(33)29-25-15-7-11-21-9-3-5-13-23(21)25/h3-16,19-20H,17-18H2,1-2H3,(H,29,33)(H,30,34)/t19-,20-/m1/s1. The Morgan fingerprint density at radius 3 is 1.44 bits per heavy atom. The van der Waals surface area contributed by atoms with Gasteiger partial charge in [0.2, 0.25) is 0 Å². The van der Waals surface area contributed by atoms with Crippen molar-refractivity contribution in [3.8, 4) is 0 Å². The van der Waals surface area contributed by atoms with Crippen molar-refractivity contribution in [3.05, 3.63) is 84.9 Å². The molecule has 0 spiro atoms. The Balaban J connectivity index is 1.28. The number of benzene rings is 4. The lowest BCUT2D eigenvalue weighted by molar-refractivity contribution is 0.0917. The highest BCUT2D eigenvalue weighted by atomic mass is 16.2. The topological polar surface area (TPSA) is 64.7 Å². The zero-order chi connectivity index (χ0) is 23.7. The molecule has 0 aromatic heterocycles. The molecule has 1 fully saturated rings. The first kappa shape index (κ1) is 21.8.